The molecule has 1 aromatic heterocycles. The Labute approximate surface area is 109 Å². The summed E-state index contributed by atoms with van der Waals surface area (Å²) in [6, 6.07) is 3.98. The van der Waals surface area contributed by atoms with E-state index in [9.17, 15) is 0 Å². The molecule has 0 saturated carbocycles. The van der Waals surface area contributed by atoms with Crippen molar-refractivity contribution in [3.63, 3.8) is 0 Å². The highest BCUT2D eigenvalue weighted by Crippen LogP contribution is 2.19. The fourth-order valence-electron chi connectivity index (χ4n) is 2.14. The van der Waals surface area contributed by atoms with Gasteiger partial charge in [0.15, 0.2) is 0 Å². The molecule has 0 aromatic carbocycles. The molecule has 4 heteroatoms. The second kappa shape index (κ2) is 6.71. The molecule has 1 saturated heterocycles. The predicted octanol–water partition coefficient (Wildman–Crippen LogP) is 2.06. The van der Waals surface area contributed by atoms with E-state index in [1.165, 1.54) is 12.8 Å². The minimum absolute atomic E-state index is 0.238. The van der Waals surface area contributed by atoms with Crippen molar-refractivity contribution in [2.45, 2.75) is 38.8 Å². The summed E-state index contributed by atoms with van der Waals surface area (Å²) in [7, 11) is 1.91. The standard InChI is InChI=1S/C14H22N2O2/c1-11-6-7-14(13(16-11)9-15-2)18-10-12-5-3-4-8-17-12/h6-7,12,15H,3-5,8-10H2,1-2H3. The molecule has 2 rings (SSSR count). The first-order valence-corrected chi connectivity index (χ1v) is 6.65. The van der Waals surface area contributed by atoms with Crippen LogP contribution in [0.25, 0.3) is 0 Å². The van der Waals surface area contributed by atoms with E-state index in [0.29, 0.717) is 6.61 Å². The summed E-state index contributed by atoms with van der Waals surface area (Å²) in [5.74, 6) is 0.865. The van der Waals surface area contributed by atoms with E-state index in [1.807, 2.05) is 26.1 Å². The van der Waals surface area contributed by atoms with Crippen LogP contribution in [0.4, 0.5) is 0 Å². The molecule has 0 spiro atoms. The van der Waals surface area contributed by atoms with E-state index in [2.05, 4.69) is 10.3 Å². The van der Waals surface area contributed by atoms with Crippen LogP contribution in [0.3, 0.4) is 0 Å². The minimum Gasteiger partial charge on any atom is -0.489 e. The van der Waals surface area contributed by atoms with Gasteiger partial charge < -0.3 is 14.8 Å². The lowest BCUT2D eigenvalue weighted by atomic mass is 10.1. The molecule has 4 nitrogen and oxygen atoms in total. The van der Waals surface area contributed by atoms with E-state index in [-0.39, 0.29) is 6.10 Å². The van der Waals surface area contributed by atoms with Gasteiger partial charge in [-0.2, -0.15) is 0 Å². The highest BCUT2D eigenvalue weighted by molar-refractivity contribution is 5.29. The predicted molar refractivity (Wildman–Crippen MR) is 70.8 cm³/mol. The van der Waals surface area contributed by atoms with Crippen LogP contribution in [0.5, 0.6) is 5.75 Å². The molecule has 0 amide bonds. The molecule has 0 bridgehead atoms. The number of aromatic nitrogens is 1. The largest absolute Gasteiger partial charge is 0.489 e. The van der Waals surface area contributed by atoms with Crippen LogP contribution in [0, 0.1) is 6.92 Å². The van der Waals surface area contributed by atoms with E-state index in [0.717, 1.165) is 36.7 Å². The lowest BCUT2D eigenvalue weighted by Crippen LogP contribution is -2.26. The molecular formula is C14H22N2O2. The molecule has 1 aliphatic rings. The number of nitrogens with zero attached hydrogens (tertiary/aromatic N) is 1. The van der Waals surface area contributed by atoms with Gasteiger partial charge in [-0.1, -0.05) is 0 Å². The molecule has 1 N–H and O–H groups in total. The van der Waals surface area contributed by atoms with Gasteiger partial charge in [-0.05, 0) is 45.4 Å². The number of pyridine rings is 1. The maximum Gasteiger partial charge on any atom is 0.142 e. The Balaban J connectivity index is 1.94. The third-order valence-electron chi connectivity index (χ3n) is 3.11. The van der Waals surface area contributed by atoms with Crippen molar-refractivity contribution in [1.82, 2.24) is 10.3 Å². The van der Waals surface area contributed by atoms with Crippen LogP contribution in [0.1, 0.15) is 30.7 Å². The number of rotatable bonds is 5. The zero-order valence-corrected chi connectivity index (χ0v) is 11.2. The SMILES string of the molecule is CNCc1nc(C)ccc1OCC1CCCCO1. The normalized spacial score (nSPS) is 19.8. The van der Waals surface area contributed by atoms with Gasteiger partial charge in [0.05, 0.1) is 11.8 Å². The van der Waals surface area contributed by atoms with Crippen molar-refractivity contribution in [3.05, 3.63) is 23.5 Å². The van der Waals surface area contributed by atoms with E-state index >= 15 is 0 Å². The molecule has 18 heavy (non-hydrogen) atoms. The zero-order valence-electron chi connectivity index (χ0n) is 11.2. The van der Waals surface area contributed by atoms with Crippen LogP contribution >= 0.6 is 0 Å². The van der Waals surface area contributed by atoms with Crippen molar-refractivity contribution in [2.75, 3.05) is 20.3 Å². The second-order valence-corrected chi connectivity index (χ2v) is 4.73. The van der Waals surface area contributed by atoms with Gasteiger partial charge in [-0.3, -0.25) is 4.98 Å². The van der Waals surface area contributed by atoms with Gasteiger partial charge in [-0.25, -0.2) is 0 Å². The fraction of sp³-hybridized carbons (Fsp3) is 0.643. The molecule has 0 radical (unpaired) electrons. The average molecular weight is 250 g/mol. The van der Waals surface area contributed by atoms with Crippen molar-refractivity contribution in [3.8, 4) is 5.75 Å². The summed E-state index contributed by atoms with van der Waals surface area (Å²) in [4.78, 5) is 4.50. The summed E-state index contributed by atoms with van der Waals surface area (Å²) < 4.78 is 11.5. The van der Waals surface area contributed by atoms with E-state index < -0.39 is 0 Å². The molecule has 1 aliphatic heterocycles. The molecule has 1 aromatic rings. The van der Waals surface area contributed by atoms with Gasteiger partial charge in [0.1, 0.15) is 12.4 Å². The third kappa shape index (κ3) is 3.68. The second-order valence-electron chi connectivity index (χ2n) is 4.73. The molecule has 2 heterocycles. The quantitative estimate of drug-likeness (QED) is 0.868. The number of hydrogen-bond donors (Lipinski definition) is 1. The van der Waals surface area contributed by atoms with Crippen LogP contribution in [-0.2, 0) is 11.3 Å². The Hall–Kier alpha value is -1.13. The lowest BCUT2D eigenvalue weighted by Gasteiger charge is -2.23. The van der Waals surface area contributed by atoms with Crippen LogP contribution in [-0.4, -0.2) is 31.3 Å². The maximum absolute atomic E-state index is 5.86. The van der Waals surface area contributed by atoms with Crippen molar-refractivity contribution >= 4 is 0 Å². The fourth-order valence-corrected chi connectivity index (χ4v) is 2.14. The molecular weight excluding hydrogens is 228 g/mol. The number of hydrogen-bond acceptors (Lipinski definition) is 4. The molecule has 1 unspecified atom stereocenters. The van der Waals surface area contributed by atoms with Crippen LogP contribution < -0.4 is 10.1 Å². The Bertz CT molecular complexity index is 376. The van der Waals surface area contributed by atoms with Gasteiger partial charge in [0.25, 0.3) is 0 Å². The van der Waals surface area contributed by atoms with Crippen molar-refractivity contribution in [1.29, 1.82) is 0 Å². The Morgan fingerprint density at radius 1 is 1.44 bits per heavy atom. The number of ether oxygens (including phenoxy) is 2. The highest BCUT2D eigenvalue weighted by atomic mass is 16.5. The van der Waals surface area contributed by atoms with Crippen LogP contribution in [0.2, 0.25) is 0 Å². The van der Waals surface area contributed by atoms with E-state index in [1.54, 1.807) is 0 Å². The number of nitrogens with one attached hydrogen (secondary N) is 1. The summed E-state index contributed by atoms with van der Waals surface area (Å²) in [5.41, 5.74) is 1.98. The minimum atomic E-state index is 0.238. The Morgan fingerprint density at radius 3 is 3.06 bits per heavy atom. The van der Waals surface area contributed by atoms with Crippen molar-refractivity contribution in [2.24, 2.45) is 0 Å². The first kappa shape index (κ1) is 13.3. The average Bonchev–Trinajstić information content (AvgIpc) is 2.39. The van der Waals surface area contributed by atoms with E-state index in [4.69, 9.17) is 9.47 Å². The summed E-state index contributed by atoms with van der Waals surface area (Å²) in [5, 5.41) is 3.12. The molecule has 1 atom stereocenters. The zero-order chi connectivity index (χ0) is 12.8. The summed E-state index contributed by atoms with van der Waals surface area (Å²) in [6.45, 7) is 4.21. The van der Waals surface area contributed by atoms with Gasteiger partial charge in [0.2, 0.25) is 0 Å². The van der Waals surface area contributed by atoms with Gasteiger partial charge in [0, 0.05) is 18.8 Å². The van der Waals surface area contributed by atoms with Crippen molar-refractivity contribution < 1.29 is 9.47 Å². The first-order valence-electron chi connectivity index (χ1n) is 6.65. The molecule has 100 valence electrons. The Morgan fingerprint density at radius 2 is 2.33 bits per heavy atom. The third-order valence-corrected chi connectivity index (χ3v) is 3.11. The van der Waals surface area contributed by atoms with Gasteiger partial charge in [-0.15, -0.1) is 0 Å². The smallest absolute Gasteiger partial charge is 0.142 e. The topological polar surface area (TPSA) is 43.4 Å². The molecule has 1 fully saturated rings. The maximum atomic E-state index is 5.86. The molecule has 0 aliphatic carbocycles. The number of aryl methyl sites for hydroxylation is 1. The first-order chi connectivity index (χ1) is 8.79. The summed E-state index contributed by atoms with van der Waals surface area (Å²) in [6.07, 6.45) is 3.75. The summed E-state index contributed by atoms with van der Waals surface area (Å²) >= 11 is 0. The van der Waals surface area contributed by atoms with Gasteiger partial charge >= 0.3 is 0 Å². The Kier molecular flexibility index (Phi) is 4.96. The van der Waals surface area contributed by atoms with Crippen LogP contribution in [0.15, 0.2) is 12.1 Å². The lowest BCUT2D eigenvalue weighted by molar-refractivity contribution is -0.0113. The monoisotopic (exact) mass is 250 g/mol. The highest BCUT2D eigenvalue weighted by Gasteiger charge is 2.15.